The van der Waals surface area contributed by atoms with E-state index in [1.807, 2.05) is 0 Å². The summed E-state index contributed by atoms with van der Waals surface area (Å²) in [6.07, 6.45) is 1.76. The van der Waals surface area contributed by atoms with Crippen molar-refractivity contribution in [2.45, 2.75) is 37.7 Å². The van der Waals surface area contributed by atoms with Gasteiger partial charge in [-0.05, 0) is 42.7 Å². The van der Waals surface area contributed by atoms with Gasteiger partial charge in [0.25, 0.3) is 0 Å². The summed E-state index contributed by atoms with van der Waals surface area (Å²) in [6.45, 7) is 6.75. The highest BCUT2D eigenvalue weighted by Gasteiger charge is 2.18. The monoisotopic (exact) mass is 321 g/mol. The summed E-state index contributed by atoms with van der Waals surface area (Å²) < 4.78 is 15.2. The van der Waals surface area contributed by atoms with Crippen molar-refractivity contribution in [3.63, 3.8) is 0 Å². The first-order valence-corrected chi connectivity index (χ1v) is 8.04. The Morgan fingerprint density at radius 2 is 1.95 bits per heavy atom. The van der Waals surface area contributed by atoms with E-state index in [1.165, 1.54) is 23.9 Å². The molecule has 118 valence electrons. The fraction of sp³-hybridized carbons (Fsp3) is 0.375. The molecule has 0 aliphatic rings. The predicted molar refractivity (Wildman–Crippen MR) is 87.0 cm³/mol. The molecule has 4 nitrogen and oxygen atoms in total. The van der Waals surface area contributed by atoms with Crippen LogP contribution in [-0.4, -0.2) is 20.7 Å². The topological polar surface area (TPSA) is 60.9 Å². The highest BCUT2D eigenvalue weighted by atomic mass is 32.2. The first kappa shape index (κ1) is 16.5. The molecule has 0 fully saturated rings. The molecule has 2 N–H and O–H groups in total. The number of imidazole rings is 1. The Hall–Kier alpha value is -1.82. The smallest absolute Gasteiger partial charge is 0.230 e. The molecule has 1 aromatic carbocycles. The number of thioether (sulfide) groups is 1. The molecule has 1 aromatic heterocycles. The van der Waals surface area contributed by atoms with Crippen LogP contribution in [0.25, 0.3) is 11.3 Å². The van der Waals surface area contributed by atoms with Gasteiger partial charge in [-0.1, -0.05) is 25.6 Å². The number of nitrogens with two attached hydrogens (primary N) is 1. The number of carbonyl (C=O) groups excluding carboxylic acids is 1. The van der Waals surface area contributed by atoms with Crippen molar-refractivity contribution in [3.8, 4) is 11.3 Å². The summed E-state index contributed by atoms with van der Waals surface area (Å²) in [5, 5.41) is 0.397. The molecule has 1 amide bonds. The lowest BCUT2D eigenvalue weighted by Crippen LogP contribution is -2.23. The van der Waals surface area contributed by atoms with Gasteiger partial charge in [-0.3, -0.25) is 4.79 Å². The fourth-order valence-electron chi connectivity index (χ4n) is 2.06. The second kappa shape index (κ2) is 6.96. The van der Waals surface area contributed by atoms with Crippen LogP contribution in [0, 0.1) is 11.7 Å². The molecular weight excluding hydrogens is 301 g/mol. The van der Waals surface area contributed by atoms with Gasteiger partial charge < -0.3 is 10.3 Å². The van der Waals surface area contributed by atoms with E-state index in [2.05, 4.69) is 23.4 Å². The molecule has 0 saturated carbocycles. The Morgan fingerprint density at radius 1 is 1.32 bits per heavy atom. The number of primary amides is 1. The van der Waals surface area contributed by atoms with E-state index in [4.69, 9.17) is 5.73 Å². The average Bonchev–Trinajstić information content (AvgIpc) is 2.82. The number of rotatable bonds is 6. The van der Waals surface area contributed by atoms with Crippen LogP contribution in [0.2, 0.25) is 0 Å². The summed E-state index contributed by atoms with van der Waals surface area (Å²) >= 11 is 1.34. The van der Waals surface area contributed by atoms with Crippen molar-refractivity contribution in [2.75, 3.05) is 0 Å². The Bertz CT molecular complexity index is 652. The van der Waals surface area contributed by atoms with Crippen LogP contribution in [0.15, 0.2) is 35.6 Å². The molecule has 1 atom stereocenters. The molecule has 1 heterocycles. The summed E-state index contributed by atoms with van der Waals surface area (Å²) in [4.78, 5) is 15.7. The molecule has 6 heteroatoms. The first-order chi connectivity index (χ1) is 10.4. The minimum absolute atomic E-state index is 0.268. The van der Waals surface area contributed by atoms with Crippen molar-refractivity contribution in [1.82, 2.24) is 9.55 Å². The van der Waals surface area contributed by atoms with Crippen molar-refractivity contribution in [2.24, 2.45) is 11.7 Å². The Morgan fingerprint density at radius 3 is 2.50 bits per heavy atom. The second-order valence-electron chi connectivity index (χ2n) is 5.60. The van der Waals surface area contributed by atoms with Gasteiger partial charge in [0, 0.05) is 6.54 Å². The van der Waals surface area contributed by atoms with Crippen molar-refractivity contribution in [1.29, 1.82) is 0 Å². The van der Waals surface area contributed by atoms with Gasteiger partial charge in [-0.25, -0.2) is 9.37 Å². The molecular formula is C16H20FN3OS. The third kappa shape index (κ3) is 3.88. The molecule has 0 spiro atoms. The fourth-order valence-corrected chi connectivity index (χ4v) is 2.91. The minimum atomic E-state index is -0.368. The van der Waals surface area contributed by atoms with E-state index in [9.17, 15) is 9.18 Å². The quantitative estimate of drug-likeness (QED) is 0.830. The van der Waals surface area contributed by atoms with Crippen LogP contribution in [0.1, 0.15) is 20.8 Å². The Kier molecular flexibility index (Phi) is 5.24. The summed E-state index contributed by atoms with van der Waals surface area (Å²) in [6, 6.07) is 6.33. The maximum Gasteiger partial charge on any atom is 0.230 e. The van der Waals surface area contributed by atoms with E-state index in [-0.39, 0.29) is 17.0 Å². The van der Waals surface area contributed by atoms with E-state index >= 15 is 0 Å². The molecule has 0 aliphatic heterocycles. The van der Waals surface area contributed by atoms with Crippen LogP contribution in [0.4, 0.5) is 4.39 Å². The number of benzene rings is 1. The minimum Gasteiger partial charge on any atom is -0.369 e. The molecule has 2 aromatic rings. The molecule has 0 saturated heterocycles. The molecule has 0 aliphatic carbocycles. The molecule has 0 radical (unpaired) electrons. The van der Waals surface area contributed by atoms with Gasteiger partial charge in [0.2, 0.25) is 5.91 Å². The number of hydrogen-bond donors (Lipinski definition) is 1. The third-order valence-corrected chi connectivity index (χ3v) is 4.31. The van der Waals surface area contributed by atoms with Gasteiger partial charge in [0.1, 0.15) is 5.82 Å². The van der Waals surface area contributed by atoms with Crippen molar-refractivity contribution >= 4 is 17.7 Å². The highest BCUT2D eigenvalue weighted by molar-refractivity contribution is 8.00. The summed E-state index contributed by atoms with van der Waals surface area (Å²) in [5.41, 5.74) is 7.14. The molecule has 0 unspecified atom stereocenters. The van der Waals surface area contributed by atoms with Crippen LogP contribution in [-0.2, 0) is 11.3 Å². The lowest BCUT2D eigenvalue weighted by molar-refractivity contribution is -0.117. The Balaban J connectivity index is 2.39. The number of nitrogens with zero attached hydrogens (tertiary/aromatic N) is 2. The Labute approximate surface area is 133 Å². The summed E-state index contributed by atoms with van der Waals surface area (Å²) in [5.74, 6) is -0.223. The van der Waals surface area contributed by atoms with Gasteiger partial charge in [0.05, 0.1) is 17.1 Å². The average molecular weight is 321 g/mol. The van der Waals surface area contributed by atoms with Crippen LogP contribution < -0.4 is 5.73 Å². The van der Waals surface area contributed by atoms with Crippen LogP contribution in [0.5, 0.6) is 0 Å². The standard InChI is InChI=1S/C16H20FN3OS/c1-10(2)9-20-14(12-4-6-13(17)7-5-12)8-19-16(20)22-11(3)15(18)21/h4-8,10-11H,9H2,1-3H3,(H2,18,21)/t11-/m1/s1. The van der Waals surface area contributed by atoms with Gasteiger partial charge >= 0.3 is 0 Å². The largest absolute Gasteiger partial charge is 0.369 e. The lowest BCUT2D eigenvalue weighted by atomic mass is 10.1. The van der Waals surface area contributed by atoms with Gasteiger partial charge in [-0.15, -0.1) is 0 Å². The number of carbonyl (C=O) groups is 1. The van der Waals surface area contributed by atoms with Gasteiger partial charge in [0.15, 0.2) is 5.16 Å². The van der Waals surface area contributed by atoms with Crippen LogP contribution in [0.3, 0.4) is 0 Å². The van der Waals surface area contributed by atoms with Crippen molar-refractivity contribution < 1.29 is 9.18 Å². The van der Waals surface area contributed by atoms with E-state index < -0.39 is 0 Å². The molecule has 2 rings (SSSR count). The molecule has 0 bridgehead atoms. The van der Waals surface area contributed by atoms with E-state index in [0.717, 1.165) is 23.0 Å². The van der Waals surface area contributed by atoms with E-state index in [0.29, 0.717) is 5.92 Å². The SMILES string of the molecule is CC(C)Cn1c(-c2ccc(F)cc2)cnc1S[C@H](C)C(N)=O. The normalized spacial score (nSPS) is 12.6. The lowest BCUT2D eigenvalue weighted by Gasteiger charge is -2.15. The maximum absolute atomic E-state index is 13.1. The number of amides is 1. The van der Waals surface area contributed by atoms with Crippen molar-refractivity contribution in [3.05, 3.63) is 36.3 Å². The second-order valence-corrected chi connectivity index (χ2v) is 6.91. The van der Waals surface area contributed by atoms with Gasteiger partial charge in [-0.2, -0.15) is 0 Å². The predicted octanol–water partition coefficient (Wildman–Crippen LogP) is 3.31. The number of aromatic nitrogens is 2. The van der Waals surface area contributed by atoms with Crippen LogP contribution >= 0.6 is 11.8 Å². The van der Waals surface area contributed by atoms with E-state index in [1.54, 1.807) is 25.3 Å². The zero-order valence-corrected chi connectivity index (χ0v) is 13.7. The maximum atomic E-state index is 13.1. The molecule has 22 heavy (non-hydrogen) atoms. The number of halogens is 1. The summed E-state index contributed by atoms with van der Waals surface area (Å²) in [7, 11) is 0. The third-order valence-electron chi connectivity index (χ3n) is 3.19. The zero-order chi connectivity index (χ0) is 16.3. The highest BCUT2D eigenvalue weighted by Crippen LogP contribution is 2.29. The zero-order valence-electron chi connectivity index (χ0n) is 12.9. The first-order valence-electron chi connectivity index (χ1n) is 7.16. The number of hydrogen-bond acceptors (Lipinski definition) is 3.